The van der Waals surface area contributed by atoms with E-state index in [4.69, 9.17) is 5.73 Å². The van der Waals surface area contributed by atoms with Gasteiger partial charge in [0.25, 0.3) is 0 Å². The Morgan fingerprint density at radius 1 is 1.38 bits per heavy atom. The molecule has 1 aromatic rings. The monoisotopic (exact) mass is 343 g/mol. The minimum atomic E-state index is -4.67. The third kappa shape index (κ3) is 2.52. The highest BCUT2D eigenvalue weighted by molar-refractivity contribution is 14.1. The van der Waals surface area contributed by atoms with E-state index in [9.17, 15) is 22.8 Å². The molecule has 0 atom stereocenters. The smallest absolute Gasteiger partial charge is 0.366 e. The fraction of sp³-hybridized carbons (Fsp3) is 0.111. The van der Waals surface area contributed by atoms with Gasteiger partial charge >= 0.3 is 6.18 Å². The van der Waals surface area contributed by atoms with Crippen LogP contribution < -0.4 is 5.73 Å². The topological polar surface area (TPSA) is 60.2 Å². The van der Waals surface area contributed by atoms with Crippen LogP contribution in [0.25, 0.3) is 0 Å². The van der Waals surface area contributed by atoms with Crippen molar-refractivity contribution in [1.29, 1.82) is 0 Å². The molecule has 7 heteroatoms. The SMILES string of the molecule is NC(=O)c1cc(C=O)c(I)cc1C(F)(F)F. The van der Waals surface area contributed by atoms with E-state index in [0.29, 0.717) is 6.29 Å². The number of carbonyl (C=O) groups is 2. The first-order valence-electron chi connectivity index (χ1n) is 3.93. The minimum Gasteiger partial charge on any atom is -0.366 e. The van der Waals surface area contributed by atoms with Gasteiger partial charge in [0, 0.05) is 9.13 Å². The molecular formula is C9H5F3INO2. The third-order valence-corrected chi connectivity index (χ3v) is 2.77. The number of amides is 1. The lowest BCUT2D eigenvalue weighted by molar-refractivity contribution is -0.138. The summed E-state index contributed by atoms with van der Waals surface area (Å²) in [4.78, 5) is 21.4. The van der Waals surface area contributed by atoms with Gasteiger partial charge in [-0.25, -0.2) is 0 Å². The molecule has 1 amide bonds. The second-order valence-electron chi connectivity index (χ2n) is 2.90. The molecule has 0 radical (unpaired) electrons. The Kier molecular flexibility index (Phi) is 3.56. The fourth-order valence-electron chi connectivity index (χ4n) is 1.12. The number of carbonyl (C=O) groups excluding carboxylic acids is 2. The van der Waals surface area contributed by atoms with Gasteiger partial charge in [-0.3, -0.25) is 9.59 Å². The maximum atomic E-state index is 12.5. The highest BCUT2D eigenvalue weighted by Gasteiger charge is 2.35. The molecule has 3 nitrogen and oxygen atoms in total. The van der Waals surface area contributed by atoms with Crippen LogP contribution in [-0.4, -0.2) is 12.2 Å². The van der Waals surface area contributed by atoms with Crippen LogP contribution in [0.1, 0.15) is 26.3 Å². The molecule has 0 spiro atoms. The molecular weight excluding hydrogens is 338 g/mol. The maximum absolute atomic E-state index is 12.5. The number of rotatable bonds is 2. The normalized spacial score (nSPS) is 11.2. The Balaban J connectivity index is 3.55. The minimum absolute atomic E-state index is 0.00222. The molecule has 0 aliphatic heterocycles. The summed E-state index contributed by atoms with van der Waals surface area (Å²) in [6.45, 7) is 0. The number of alkyl halides is 3. The number of aldehydes is 1. The molecule has 1 rings (SSSR count). The summed E-state index contributed by atoms with van der Waals surface area (Å²) in [6, 6.07) is 1.57. The molecule has 2 N–H and O–H groups in total. The summed E-state index contributed by atoms with van der Waals surface area (Å²) in [5.74, 6) is -1.22. The first-order valence-corrected chi connectivity index (χ1v) is 5.01. The lowest BCUT2D eigenvalue weighted by atomic mass is 10.0. The van der Waals surface area contributed by atoms with E-state index in [2.05, 4.69) is 0 Å². The van der Waals surface area contributed by atoms with Crippen molar-refractivity contribution < 1.29 is 22.8 Å². The third-order valence-electron chi connectivity index (χ3n) is 1.83. The van der Waals surface area contributed by atoms with E-state index in [1.807, 2.05) is 0 Å². The van der Waals surface area contributed by atoms with Crippen molar-refractivity contribution >= 4 is 34.8 Å². The number of nitrogens with two attached hydrogens (primary N) is 1. The Morgan fingerprint density at radius 2 is 1.94 bits per heavy atom. The molecule has 0 aliphatic rings. The van der Waals surface area contributed by atoms with Crippen LogP contribution in [0.3, 0.4) is 0 Å². The Bertz CT molecular complexity index is 457. The first kappa shape index (κ1) is 12.9. The van der Waals surface area contributed by atoms with Gasteiger partial charge in [0.15, 0.2) is 6.29 Å². The largest absolute Gasteiger partial charge is 0.417 e. The molecule has 1 aromatic carbocycles. The van der Waals surface area contributed by atoms with E-state index < -0.39 is 23.2 Å². The molecule has 0 saturated heterocycles. The van der Waals surface area contributed by atoms with E-state index in [1.54, 1.807) is 22.6 Å². The van der Waals surface area contributed by atoms with E-state index in [0.717, 1.165) is 12.1 Å². The van der Waals surface area contributed by atoms with Gasteiger partial charge in [0.1, 0.15) is 0 Å². The molecule has 0 bridgehead atoms. The molecule has 16 heavy (non-hydrogen) atoms. The second-order valence-corrected chi connectivity index (χ2v) is 4.06. The number of primary amides is 1. The van der Waals surface area contributed by atoms with E-state index in [1.165, 1.54) is 0 Å². The zero-order chi connectivity index (χ0) is 12.5. The standard InChI is InChI=1S/C9H5F3INO2/c10-9(11,12)6-2-7(13)4(3-15)1-5(6)8(14)16/h1-3H,(H2,14,16). The second kappa shape index (κ2) is 4.40. The number of benzene rings is 1. The van der Waals surface area contributed by atoms with Crippen LogP contribution in [0.4, 0.5) is 13.2 Å². The molecule has 0 unspecified atom stereocenters. The number of hydrogen-bond donors (Lipinski definition) is 1. The Labute approximate surface area is 102 Å². The van der Waals surface area contributed by atoms with Gasteiger partial charge in [0.05, 0.1) is 11.1 Å². The van der Waals surface area contributed by atoms with Crippen molar-refractivity contribution in [2.24, 2.45) is 5.73 Å². The van der Waals surface area contributed by atoms with E-state index >= 15 is 0 Å². The van der Waals surface area contributed by atoms with Crippen LogP contribution >= 0.6 is 22.6 Å². The summed E-state index contributed by atoms with van der Waals surface area (Å²) in [6.07, 6.45) is -4.31. The van der Waals surface area contributed by atoms with Gasteiger partial charge in [-0.1, -0.05) is 0 Å². The van der Waals surface area contributed by atoms with Gasteiger partial charge in [-0.05, 0) is 34.7 Å². The summed E-state index contributed by atoms with van der Waals surface area (Å²) >= 11 is 1.58. The number of halogens is 4. The van der Waals surface area contributed by atoms with E-state index in [-0.39, 0.29) is 9.13 Å². The highest BCUT2D eigenvalue weighted by atomic mass is 127. The number of hydrogen-bond acceptors (Lipinski definition) is 2. The van der Waals surface area contributed by atoms with Crippen molar-refractivity contribution in [3.8, 4) is 0 Å². The average Bonchev–Trinajstić information content (AvgIpc) is 2.15. The Morgan fingerprint density at radius 3 is 2.31 bits per heavy atom. The van der Waals surface area contributed by atoms with Crippen molar-refractivity contribution in [3.63, 3.8) is 0 Å². The maximum Gasteiger partial charge on any atom is 0.417 e. The van der Waals surface area contributed by atoms with Crippen LogP contribution in [0.2, 0.25) is 0 Å². The zero-order valence-corrected chi connectivity index (χ0v) is 9.80. The van der Waals surface area contributed by atoms with Crippen LogP contribution in [0.5, 0.6) is 0 Å². The van der Waals surface area contributed by atoms with Crippen LogP contribution in [0.15, 0.2) is 12.1 Å². The molecule has 0 aliphatic carbocycles. The van der Waals surface area contributed by atoms with Crippen LogP contribution in [-0.2, 0) is 6.18 Å². The molecule has 0 aromatic heterocycles. The highest BCUT2D eigenvalue weighted by Crippen LogP contribution is 2.33. The lowest BCUT2D eigenvalue weighted by Gasteiger charge is -2.12. The van der Waals surface area contributed by atoms with Gasteiger partial charge in [-0.2, -0.15) is 13.2 Å². The predicted octanol–water partition coefficient (Wildman–Crippen LogP) is 2.22. The van der Waals surface area contributed by atoms with Crippen molar-refractivity contribution in [2.75, 3.05) is 0 Å². The van der Waals surface area contributed by atoms with Crippen LogP contribution in [0, 0.1) is 3.57 Å². The summed E-state index contributed by atoms with van der Waals surface area (Å²) in [5, 5.41) is 0. The van der Waals surface area contributed by atoms with Gasteiger partial charge in [0.2, 0.25) is 5.91 Å². The van der Waals surface area contributed by atoms with Crippen molar-refractivity contribution in [2.45, 2.75) is 6.18 Å². The van der Waals surface area contributed by atoms with Crippen molar-refractivity contribution in [1.82, 2.24) is 0 Å². The predicted molar refractivity (Wildman–Crippen MR) is 58.1 cm³/mol. The lowest BCUT2D eigenvalue weighted by Crippen LogP contribution is -2.19. The summed E-state index contributed by atoms with van der Waals surface area (Å²) in [7, 11) is 0. The van der Waals surface area contributed by atoms with Gasteiger partial charge in [-0.15, -0.1) is 0 Å². The average molecular weight is 343 g/mol. The summed E-state index contributed by atoms with van der Waals surface area (Å²) < 4.78 is 37.7. The Hall–Kier alpha value is -1.12. The molecule has 86 valence electrons. The fourth-order valence-corrected chi connectivity index (χ4v) is 1.71. The first-order chi connectivity index (χ1) is 7.27. The van der Waals surface area contributed by atoms with Gasteiger partial charge < -0.3 is 5.73 Å². The molecule has 0 fully saturated rings. The quantitative estimate of drug-likeness (QED) is 0.661. The summed E-state index contributed by atoms with van der Waals surface area (Å²) in [5.41, 5.74) is 3.00. The molecule has 0 heterocycles. The van der Waals surface area contributed by atoms with Crippen molar-refractivity contribution in [3.05, 3.63) is 32.4 Å². The molecule has 0 saturated carbocycles. The zero-order valence-electron chi connectivity index (χ0n) is 7.64.